The van der Waals surface area contributed by atoms with Crippen molar-refractivity contribution >= 4 is 23.7 Å². The second-order valence-electron chi connectivity index (χ2n) is 5.52. The van der Waals surface area contributed by atoms with E-state index in [9.17, 15) is 14.7 Å². The maximum absolute atomic E-state index is 12.0. The van der Waals surface area contributed by atoms with Crippen LogP contribution < -0.4 is 10.9 Å². The second-order valence-corrected chi connectivity index (χ2v) is 5.52. The van der Waals surface area contributed by atoms with Gasteiger partial charge in [0.2, 0.25) is 0 Å². The third-order valence-corrected chi connectivity index (χ3v) is 3.41. The monoisotopic (exact) mass is 368 g/mol. The Labute approximate surface area is 156 Å². The molecule has 0 aliphatic rings. The van der Waals surface area contributed by atoms with Gasteiger partial charge in [0.25, 0.3) is 11.8 Å². The highest BCUT2D eigenvalue weighted by Gasteiger charge is 2.09. The number of carbonyl (C=O) groups is 2. The molecule has 0 aliphatic heterocycles. The van der Waals surface area contributed by atoms with Crippen LogP contribution in [0.3, 0.4) is 0 Å². The molecule has 2 aromatic rings. The first-order valence-electron chi connectivity index (χ1n) is 8.19. The lowest BCUT2D eigenvalue weighted by Gasteiger charge is -2.07. The van der Waals surface area contributed by atoms with Crippen LogP contribution in [0.2, 0.25) is 0 Å². The minimum Gasteiger partial charge on any atom is -0.394 e. The van der Waals surface area contributed by atoms with Crippen LogP contribution in [0, 0.1) is 0 Å². The van der Waals surface area contributed by atoms with Crippen molar-refractivity contribution < 1.29 is 19.8 Å². The average Bonchev–Trinajstić information content (AvgIpc) is 2.72. The molecule has 8 heteroatoms. The largest absolute Gasteiger partial charge is 0.394 e. The summed E-state index contributed by atoms with van der Waals surface area (Å²) in [4.78, 5) is 24.0. The van der Waals surface area contributed by atoms with E-state index in [-0.39, 0.29) is 12.1 Å². The van der Waals surface area contributed by atoms with E-state index in [1.165, 1.54) is 6.21 Å². The van der Waals surface area contributed by atoms with Gasteiger partial charge in [-0.25, -0.2) is 10.9 Å². The highest BCUT2D eigenvalue weighted by molar-refractivity contribution is 6.31. The zero-order chi connectivity index (χ0) is 19.5. The van der Waals surface area contributed by atoms with Crippen molar-refractivity contribution in [3.05, 3.63) is 71.8 Å². The molecule has 0 bridgehead atoms. The highest BCUT2D eigenvalue weighted by Crippen LogP contribution is 1.99. The van der Waals surface area contributed by atoms with Crippen LogP contribution in [-0.4, -0.2) is 46.7 Å². The maximum Gasteiger partial charge on any atom is 0.271 e. The molecule has 0 aliphatic carbocycles. The van der Waals surface area contributed by atoms with Crippen molar-refractivity contribution in [2.24, 2.45) is 10.2 Å². The number of carbonyl (C=O) groups excluding carboxylic acids is 2. The minimum absolute atomic E-state index is 0.0592. The number of hydrogen-bond acceptors (Lipinski definition) is 6. The third kappa shape index (κ3) is 6.81. The Morgan fingerprint density at radius 3 is 1.96 bits per heavy atom. The Hall–Kier alpha value is -3.36. The van der Waals surface area contributed by atoms with Crippen LogP contribution in [0.1, 0.15) is 27.1 Å². The van der Waals surface area contributed by atoms with Crippen LogP contribution in [-0.2, 0) is 0 Å². The summed E-state index contributed by atoms with van der Waals surface area (Å²) in [6.07, 6.45) is 0.0648. The summed E-state index contributed by atoms with van der Waals surface area (Å²) in [5.41, 5.74) is 5.70. The van der Waals surface area contributed by atoms with Gasteiger partial charge < -0.3 is 10.2 Å². The number of hydrogen-bond donors (Lipinski definition) is 4. The van der Waals surface area contributed by atoms with Gasteiger partial charge in [-0.15, -0.1) is 0 Å². The van der Waals surface area contributed by atoms with E-state index in [1.807, 2.05) is 0 Å². The number of aliphatic hydroxyl groups is 2. The molecule has 0 saturated carbocycles. The van der Waals surface area contributed by atoms with Gasteiger partial charge in [-0.3, -0.25) is 9.59 Å². The van der Waals surface area contributed by atoms with Gasteiger partial charge in [0.1, 0.15) is 0 Å². The van der Waals surface area contributed by atoms with Gasteiger partial charge >= 0.3 is 0 Å². The molecule has 0 aromatic heterocycles. The minimum atomic E-state index is -1.08. The quantitative estimate of drug-likeness (QED) is 0.409. The number of hydrazone groups is 2. The van der Waals surface area contributed by atoms with E-state index in [0.717, 1.165) is 0 Å². The summed E-state index contributed by atoms with van der Waals surface area (Å²) in [5.74, 6) is -0.851. The number of amides is 2. The SMILES string of the molecule is O=C(N/N=C(\C=N\NC(=O)c1ccccc1)CC(O)CO)c1ccccc1. The molecule has 8 nitrogen and oxygen atoms in total. The third-order valence-electron chi connectivity index (χ3n) is 3.41. The fraction of sp³-hybridized carbons (Fsp3) is 0.158. The Balaban J connectivity index is 2.02. The molecule has 2 aromatic carbocycles. The number of benzene rings is 2. The summed E-state index contributed by atoms with van der Waals surface area (Å²) in [6.45, 7) is -0.476. The van der Waals surface area contributed by atoms with Gasteiger partial charge in [0, 0.05) is 17.5 Å². The lowest BCUT2D eigenvalue weighted by atomic mass is 10.2. The van der Waals surface area contributed by atoms with E-state index in [2.05, 4.69) is 21.1 Å². The van der Waals surface area contributed by atoms with Gasteiger partial charge in [-0.2, -0.15) is 10.2 Å². The topological polar surface area (TPSA) is 123 Å². The van der Waals surface area contributed by atoms with E-state index in [0.29, 0.717) is 11.1 Å². The van der Waals surface area contributed by atoms with E-state index < -0.39 is 24.5 Å². The lowest BCUT2D eigenvalue weighted by molar-refractivity contribution is 0.0944. The second kappa shape index (κ2) is 10.6. The molecule has 2 rings (SSSR count). The molecule has 4 N–H and O–H groups in total. The molecular formula is C19H20N4O4. The summed E-state index contributed by atoms with van der Waals surface area (Å²) in [7, 11) is 0. The fourth-order valence-electron chi connectivity index (χ4n) is 2.03. The first kappa shape index (κ1) is 20.0. The summed E-state index contributed by atoms with van der Waals surface area (Å²) in [6, 6.07) is 17.0. The van der Waals surface area contributed by atoms with Crippen LogP contribution in [0.4, 0.5) is 0 Å². The molecule has 1 atom stereocenters. The van der Waals surface area contributed by atoms with Crippen LogP contribution >= 0.6 is 0 Å². The van der Waals surface area contributed by atoms with Crippen molar-refractivity contribution in [2.75, 3.05) is 6.61 Å². The number of rotatable bonds is 8. The maximum atomic E-state index is 12.0. The average molecular weight is 368 g/mol. The van der Waals surface area contributed by atoms with Crippen molar-refractivity contribution in [1.82, 2.24) is 10.9 Å². The standard InChI is InChI=1S/C19H20N4O4/c24-13-17(25)11-16(21-23-19(27)15-9-5-2-6-10-15)12-20-22-18(26)14-7-3-1-4-8-14/h1-10,12,17,24-25H,11,13H2,(H,22,26)(H,23,27)/b20-12+,21-16-. The van der Waals surface area contributed by atoms with Gasteiger partial charge in [-0.1, -0.05) is 36.4 Å². The summed E-state index contributed by atoms with van der Waals surface area (Å²) < 4.78 is 0. The number of aliphatic hydroxyl groups excluding tert-OH is 2. The highest BCUT2D eigenvalue weighted by atomic mass is 16.3. The Bertz CT molecular complexity index is 807. The van der Waals surface area contributed by atoms with Gasteiger partial charge in [-0.05, 0) is 24.3 Å². The van der Waals surface area contributed by atoms with E-state index >= 15 is 0 Å². The zero-order valence-electron chi connectivity index (χ0n) is 14.4. The molecule has 0 saturated heterocycles. The fourth-order valence-corrected chi connectivity index (χ4v) is 2.03. The van der Waals surface area contributed by atoms with Crippen LogP contribution in [0.25, 0.3) is 0 Å². The number of nitrogens with one attached hydrogen (secondary N) is 2. The Morgan fingerprint density at radius 1 is 0.926 bits per heavy atom. The molecule has 0 spiro atoms. The summed E-state index contributed by atoms with van der Waals surface area (Å²) in [5, 5.41) is 26.3. The molecule has 2 amide bonds. The van der Waals surface area contributed by atoms with Crippen LogP contribution in [0.5, 0.6) is 0 Å². The zero-order valence-corrected chi connectivity index (χ0v) is 14.4. The molecular weight excluding hydrogens is 348 g/mol. The predicted octanol–water partition coefficient (Wildman–Crippen LogP) is 0.931. The van der Waals surface area contributed by atoms with E-state index in [1.54, 1.807) is 60.7 Å². The first-order chi connectivity index (χ1) is 13.1. The predicted molar refractivity (Wildman–Crippen MR) is 101 cm³/mol. The van der Waals surface area contributed by atoms with Gasteiger partial charge in [0.05, 0.1) is 24.6 Å². The normalized spacial score (nSPS) is 12.6. The number of nitrogens with zero attached hydrogens (tertiary/aromatic N) is 2. The van der Waals surface area contributed by atoms with Crippen molar-refractivity contribution in [3.63, 3.8) is 0 Å². The molecule has 0 fully saturated rings. The molecule has 0 heterocycles. The molecule has 27 heavy (non-hydrogen) atoms. The lowest BCUT2D eigenvalue weighted by Crippen LogP contribution is -2.25. The van der Waals surface area contributed by atoms with Crippen molar-refractivity contribution in [3.8, 4) is 0 Å². The Kier molecular flexibility index (Phi) is 7.83. The van der Waals surface area contributed by atoms with Crippen molar-refractivity contribution in [2.45, 2.75) is 12.5 Å². The molecule has 0 radical (unpaired) electrons. The van der Waals surface area contributed by atoms with Gasteiger partial charge in [0.15, 0.2) is 0 Å². The summed E-state index contributed by atoms with van der Waals surface area (Å²) >= 11 is 0. The van der Waals surface area contributed by atoms with Crippen molar-refractivity contribution in [1.29, 1.82) is 0 Å². The van der Waals surface area contributed by atoms with Crippen LogP contribution in [0.15, 0.2) is 70.9 Å². The molecule has 1 unspecified atom stereocenters. The Morgan fingerprint density at radius 2 is 1.44 bits per heavy atom. The molecule has 140 valence electrons. The smallest absolute Gasteiger partial charge is 0.271 e. The van der Waals surface area contributed by atoms with E-state index in [4.69, 9.17) is 5.11 Å². The first-order valence-corrected chi connectivity index (χ1v) is 8.19.